The Kier molecular flexibility index (Phi) is 28.4. The summed E-state index contributed by atoms with van der Waals surface area (Å²) in [5.41, 5.74) is 0.189. The molecule has 8 amide bonds. The fourth-order valence-electron chi connectivity index (χ4n) is 9.89. The number of hydrogen-bond donors (Lipinski definition) is 10. The number of nitrogens with zero attached hydrogens (tertiary/aromatic N) is 6. The van der Waals surface area contributed by atoms with Crippen molar-refractivity contribution in [1.82, 2.24) is 72.5 Å². The number of amides is 8. The molecule has 2 aromatic heterocycles. The van der Waals surface area contributed by atoms with Crippen molar-refractivity contribution >= 4 is 59.2 Å². The maximum Gasteiger partial charge on any atom is 0.326 e. The fraction of sp³-hybridized carbons (Fsp3) is 0.759. The van der Waals surface area contributed by atoms with E-state index in [-0.39, 0.29) is 123 Å². The van der Waals surface area contributed by atoms with Crippen molar-refractivity contribution in [3.05, 3.63) is 23.8 Å². The van der Waals surface area contributed by atoms with Gasteiger partial charge in [0.15, 0.2) is 0 Å². The Morgan fingerprint density at radius 3 is 0.774 bits per heavy atom. The van der Waals surface area contributed by atoms with Gasteiger partial charge in [-0.1, -0.05) is 121 Å². The molecule has 3 heterocycles. The standard InChI is InChI=1S/C58H98N14O12/c1-29(2)17-39-49(73)61-41(19-31(5)6)53(77)65-45(57(81)82)25-37-28-72(70-67-37)48(24-36(15)16)56(80)64-44(22-34(11)12)52(76)60-40(18-30(3)4)50(74)62-42(20-32(7)8)54(78)66-46(58(83)84)26-38-27-71(69-68-38)47(23-35(13)14)55(79)63-43(21-33(9)10)51(75)59-39/h27-36,39-48H,17-26H2,1-16H3,(H,59,75)(H,60,76)(H,61,73)(H,62,74)(H,63,79)(H,64,80)(H,65,77)(H,66,78)(H,81,82)(H,83,84)/t39?,40?,41?,42?,43-,44-,45-,46-,47?,48?/m0/s1. The topological polar surface area (TPSA) is 369 Å². The van der Waals surface area contributed by atoms with Crippen molar-refractivity contribution in [2.24, 2.45) is 47.3 Å². The molecule has 6 unspecified atom stereocenters. The van der Waals surface area contributed by atoms with E-state index in [9.17, 15) is 58.2 Å². The van der Waals surface area contributed by atoms with Crippen LogP contribution in [-0.4, -0.2) is 148 Å². The Balaban J connectivity index is 2.24. The zero-order valence-electron chi connectivity index (χ0n) is 52.3. The average molecular weight is 1180 g/mol. The molecule has 10 atom stereocenters. The number of carboxylic acid groups (broad SMARTS) is 2. The summed E-state index contributed by atoms with van der Waals surface area (Å²) in [5, 5.41) is 59.6. The molecule has 10 N–H and O–H groups in total. The predicted molar refractivity (Wildman–Crippen MR) is 312 cm³/mol. The lowest BCUT2D eigenvalue weighted by molar-refractivity contribution is -0.142. The van der Waals surface area contributed by atoms with Gasteiger partial charge in [-0.3, -0.25) is 38.4 Å². The van der Waals surface area contributed by atoms with E-state index in [1.165, 1.54) is 21.8 Å². The van der Waals surface area contributed by atoms with Gasteiger partial charge in [0.25, 0.3) is 0 Å². The van der Waals surface area contributed by atoms with Crippen LogP contribution in [-0.2, 0) is 60.8 Å². The Hall–Kier alpha value is -7.02. The van der Waals surface area contributed by atoms with Crippen LogP contribution in [0.5, 0.6) is 0 Å². The molecule has 4 bridgehead atoms. The first kappa shape index (κ1) is 71.2. The number of carbonyl (C=O) groups is 10. The van der Waals surface area contributed by atoms with Gasteiger partial charge >= 0.3 is 11.9 Å². The van der Waals surface area contributed by atoms with Gasteiger partial charge in [0.1, 0.15) is 60.4 Å². The first-order valence-electron chi connectivity index (χ1n) is 29.8. The summed E-state index contributed by atoms with van der Waals surface area (Å²) >= 11 is 0. The Morgan fingerprint density at radius 1 is 0.369 bits per heavy atom. The molecule has 0 spiro atoms. The molecule has 0 aromatic carbocycles. The molecular formula is C58H98N14O12. The second-order valence-corrected chi connectivity index (χ2v) is 26.0. The molecule has 0 saturated carbocycles. The third kappa shape index (κ3) is 23.9. The smallest absolute Gasteiger partial charge is 0.326 e. The average Bonchev–Trinajstić information content (AvgIpc) is 3.96. The van der Waals surface area contributed by atoms with Gasteiger partial charge in [-0.15, -0.1) is 10.2 Å². The molecule has 0 aliphatic carbocycles. The van der Waals surface area contributed by atoms with Crippen LogP contribution in [0.1, 0.15) is 186 Å². The highest BCUT2D eigenvalue weighted by molar-refractivity contribution is 5.97. The predicted octanol–water partition coefficient (Wildman–Crippen LogP) is 3.17. The number of hydrogen-bond acceptors (Lipinski definition) is 14. The Morgan fingerprint density at radius 2 is 0.571 bits per heavy atom. The van der Waals surface area contributed by atoms with Gasteiger partial charge in [-0.2, -0.15) is 0 Å². The van der Waals surface area contributed by atoms with E-state index in [1.54, 1.807) is 0 Å². The Bertz CT molecular complexity index is 2370. The summed E-state index contributed by atoms with van der Waals surface area (Å²) in [7, 11) is 0. The summed E-state index contributed by atoms with van der Waals surface area (Å²) in [5.74, 6) is -9.71. The van der Waals surface area contributed by atoms with Crippen LogP contribution < -0.4 is 42.5 Å². The molecule has 84 heavy (non-hydrogen) atoms. The number of nitrogens with one attached hydrogen (secondary N) is 8. The number of rotatable bonds is 18. The van der Waals surface area contributed by atoms with Gasteiger partial charge in [0, 0.05) is 25.2 Å². The number of carboxylic acids is 2. The first-order valence-corrected chi connectivity index (χ1v) is 29.8. The summed E-state index contributed by atoms with van der Waals surface area (Å²) in [4.78, 5) is 140. The molecule has 26 heteroatoms. The zero-order chi connectivity index (χ0) is 63.4. The molecule has 1 aliphatic heterocycles. The number of fused-ring (bicyclic) bond motifs is 4. The van der Waals surface area contributed by atoms with E-state index in [4.69, 9.17) is 0 Å². The van der Waals surface area contributed by atoms with Crippen molar-refractivity contribution in [1.29, 1.82) is 0 Å². The molecule has 1 aliphatic rings. The lowest BCUT2D eigenvalue weighted by Gasteiger charge is -2.28. The quantitative estimate of drug-likeness (QED) is 0.102. The first-order chi connectivity index (χ1) is 39.1. The monoisotopic (exact) mass is 1180 g/mol. The largest absolute Gasteiger partial charge is 0.480 e. The lowest BCUT2D eigenvalue weighted by Crippen LogP contribution is -2.58. The van der Waals surface area contributed by atoms with E-state index < -0.39 is 120 Å². The van der Waals surface area contributed by atoms with E-state index in [0.29, 0.717) is 0 Å². The molecular weight excluding hydrogens is 1080 g/mol. The van der Waals surface area contributed by atoms with Crippen LogP contribution >= 0.6 is 0 Å². The van der Waals surface area contributed by atoms with Crippen LogP contribution in [0.25, 0.3) is 0 Å². The molecule has 0 saturated heterocycles. The van der Waals surface area contributed by atoms with E-state index in [1.807, 2.05) is 111 Å². The molecule has 26 nitrogen and oxygen atoms in total. The number of carbonyl (C=O) groups excluding carboxylic acids is 8. The highest BCUT2D eigenvalue weighted by Crippen LogP contribution is 2.22. The normalized spacial score (nSPS) is 24.8. The summed E-state index contributed by atoms with van der Waals surface area (Å²) < 4.78 is 2.53. The summed E-state index contributed by atoms with van der Waals surface area (Å²) in [6.07, 6.45) is 3.07. The Labute approximate surface area is 494 Å². The van der Waals surface area contributed by atoms with Crippen molar-refractivity contribution in [2.75, 3.05) is 0 Å². The minimum Gasteiger partial charge on any atom is -0.480 e. The molecule has 0 fully saturated rings. The number of aromatic nitrogens is 6. The second kappa shape index (κ2) is 33.5. The van der Waals surface area contributed by atoms with Crippen LogP contribution in [0.3, 0.4) is 0 Å². The van der Waals surface area contributed by atoms with Crippen LogP contribution in [0.4, 0.5) is 0 Å². The van der Waals surface area contributed by atoms with E-state index in [2.05, 4.69) is 63.2 Å². The SMILES string of the molecule is CC(C)CC1NC(=O)C(CC(C)C)NC(=O)[C@H](CC(C)C)NC(=O)C(CC(C)C)n2cc(nn2)C[C@@H](C(=O)O)NC(=O)C(CC(C)C)NC(=O)C(CC(C)C)NC(=O)[C@H](CC(C)C)NC(=O)C(CC(C)C)n2cc(nn2)C[C@@H](C(=O)O)NC1=O. The second-order valence-electron chi connectivity index (χ2n) is 26.0. The molecule has 0 radical (unpaired) electrons. The minimum atomic E-state index is -1.59. The van der Waals surface area contributed by atoms with Crippen LogP contribution in [0.15, 0.2) is 12.4 Å². The zero-order valence-corrected chi connectivity index (χ0v) is 52.3. The van der Waals surface area contributed by atoms with Gasteiger partial charge in [0.2, 0.25) is 47.3 Å². The maximum absolute atomic E-state index is 14.4. The molecule has 2 aromatic rings. The van der Waals surface area contributed by atoms with Crippen LogP contribution in [0.2, 0.25) is 0 Å². The summed E-state index contributed by atoms with van der Waals surface area (Å²) in [6.45, 7) is 29.5. The maximum atomic E-state index is 14.4. The van der Waals surface area contributed by atoms with Gasteiger partial charge in [-0.25, -0.2) is 19.0 Å². The fourth-order valence-corrected chi connectivity index (χ4v) is 9.89. The minimum absolute atomic E-state index is 0.0769. The molecule has 472 valence electrons. The highest BCUT2D eigenvalue weighted by atomic mass is 16.4. The number of aliphatic carboxylic acids is 2. The molecule has 3 rings (SSSR count). The lowest BCUT2D eigenvalue weighted by atomic mass is 9.98. The van der Waals surface area contributed by atoms with Crippen molar-refractivity contribution < 1.29 is 58.2 Å². The third-order valence-electron chi connectivity index (χ3n) is 13.8. The van der Waals surface area contributed by atoms with Gasteiger partial charge in [-0.05, 0) is 98.7 Å². The van der Waals surface area contributed by atoms with Gasteiger partial charge in [0.05, 0.1) is 11.4 Å². The van der Waals surface area contributed by atoms with E-state index in [0.717, 1.165) is 0 Å². The van der Waals surface area contributed by atoms with E-state index >= 15 is 0 Å². The third-order valence-corrected chi connectivity index (χ3v) is 13.8. The van der Waals surface area contributed by atoms with Gasteiger partial charge < -0.3 is 52.7 Å². The summed E-state index contributed by atoms with van der Waals surface area (Å²) in [6, 6.07) is -12.6. The van der Waals surface area contributed by atoms with Crippen molar-refractivity contribution in [3.8, 4) is 0 Å². The highest BCUT2D eigenvalue weighted by Gasteiger charge is 2.37. The van der Waals surface area contributed by atoms with Crippen molar-refractivity contribution in [3.63, 3.8) is 0 Å². The van der Waals surface area contributed by atoms with Crippen molar-refractivity contribution in [2.45, 2.75) is 235 Å². The van der Waals surface area contributed by atoms with Crippen LogP contribution in [0, 0.1) is 47.3 Å².